The number of aliphatic hydroxyl groups excluding tert-OH is 2. The highest BCUT2D eigenvalue weighted by Gasteiger charge is 2.49. The number of rotatable bonds is 6. The van der Waals surface area contributed by atoms with Crippen LogP contribution in [0.25, 0.3) is 16.4 Å². The van der Waals surface area contributed by atoms with Gasteiger partial charge in [0, 0.05) is 24.9 Å². The van der Waals surface area contributed by atoms with Gasteiger partial charge in [-0.3, -0.25) is 0 Å². The zero-order valence-electron chi connectivity index (χ0n) is 19.2. The Morgan fingerprint density at radius 1 is 1.29 bits per heavy atom. The normalized spacial score (nSPS) is 24.2. The molecule has 0 aromatic carbocycles. The lowest BCUT2D eigenvalue weighted by Crippen LogP contribution is -2.53. The molecule has 0 bridgehead atoms. The first-order valence-corrected chi connectivity index (χ1v) is 12.5. The number of ether oxygens (including phenoxy) is 2. The number of thiazole rings is 1. The highest BCUT2D eigenvalue weighted by molar-refractivity contribution is 7.13. The number of halogens is 5. The minimum absolute atomic E-state index is 0.0405. The first-order chi connectivity index (χ1) is 18.1. The molecule has 38 heavy (non-hydrogen) atoms. The molecule has 5 rings (SSSR count). The van der Waals surface area contributed by atoms with Crippen LogP contribution in [-0.4, -0.2) is 77.0 Å². The van der Waals surface area contributed by atoms with E-state index < -0.39 is 54.6 Å². The van der Waals surface area contributed by atoms with Gasteiger partial charge < -0.3 is 19.7 Å². The Morgan fingerprint density at radius 3 is 2.74 bits per heavy atom. The summed E-state index contributed by atoms with van der Waals surface area (Å²) < 4.78 is 55.3. The molecule has 11 nitrogen and oxygen atoms in total. The number of aliphatic hydroxyl groups is 2. The standard InChI is InChI=1S/C21H18Cl2F3N7O4S/c1-36-18-15(32-6-10(30-31-32)20-29-14(23)8-38-20)16(35)13(7-34)37-17(18)11-2-3-28-33(11)12-4-9(22)5-27-19(12)21(24,25)26/h2-6,8,13,15-18,34-35H,7H2,1H3/t13-,15+,16+,17+,18-/m1/s1. The molecule has 0 radical (unpaired) electrons. The molecule has 202 valence electrons. The summed E-state index contributed by atoms with van der Waals surface area (Å²) in [5.41, 5.74) is -1.14. The van der Waals surface area contributed by atoms with Crippen molar-refractivity contribution < 1.29 is 32.9 Å². The zero-order valence-corrected chi connectivity index (χ0v) is 21.5. The first-order valence-electron chi connectivity index (χ1n) is 10.9. The third-order valence-electron chi connectivity index (χ3n) is 5.94. The van der Waals surface area contributed by atoms with Crippen molar-refractivity contribution in [2.24, 2.45) is 0 Å². The second kappa shape index (κ2) is 10.5. The quantitative estimate of drug-likeness (QED) is 0.346. The van der Waals surface area contributed by atoms with Crippen LogP contribution in [0, 0.1) is 0 Å². The van der Waals surface area contributed by atoms with Gasteiger partial charge in [0.1, 0.15) is 46.3 Å². The summed E-state index contributed by atoms with van der Waals surface area (Å²) in [6, 6.07) is 1.54. The fourth-order valence-corrected chi connectivity index (χ4v) is 5.38. The number of alkyl halides is 3. The smallest absolute Gasteiger partial charge is 0.394 e. The van der Waals surface area contributed by atoms with Crippen LogP contribution in [-0.2, 0) is 15.7 Å². The molecule has 1 fully saturated rings. The Balaban J connectivity index is 1.58. The van der Waals surface area contributed by atoms with Gasteiger partial charge >= 0.3 is 6.18 Å². The molecule has 5 atom stereocenters. The molecule has 4 aromatic heterocycles. The summed E-state index contributed by atoms with van der Waals surface area (Å²) in [4.78, 5) is 7.62. The van der Waals surface area contributed by atoms with Gasteiger partial charge in [-0.25, -0.2) is 19.3 Å². The minimum Gasteiger partial charge on any atom is -0.394 e. The highest BCUT2D eigenvalue weighted by Crippen LogP contribution is 2.42. The summed E-state index contributed by atoms with van der Waals surface area (Å²) in [5, 5.41) is 35.7. The average Bonchev–Trinajstić information content (AvgIpc) is 3.63. The number of nitrogens with zero attached hydrogens (tertiary/aromatic N) is 7. The molecule has 2 N–H and O–H groups in total. The number of aromatic nitrogens is 7. The summed E-state index contributed by atoms with van der Waals surface area (Å²) in [6.07, 6.45) is -5.73. The van der Waals surface area contributed by atoms with Crippen LogP contribution >= 0.6 is 34.5 Å². The predicted molar refractivity (Wildman–Crippen MR) is 128 cm³/mol. The van der Waals surface area contributed by atoms with Crippen molar-refractivity contribution in [1.29, 1.82) is 0 Å². The van der Waals surface area contributed by atoms with Gasteiger partial charge in [-0.15, -0.1) is 16.4 Å². The molecule has 0 spiro atoms. The second-order valence-electron chi connectivity index (χ2n) is 8.21. The molecule has 1 saturated heterocycles. The van der Waals surface area contributed by atoms with Crippen molar-refractivity contribution in [2.75, 3.05) is 13.7 Å². The molecule has 1 aliphatic rings. The number of hydrogen-bond donors (Lipinski definition) is 2. The Kier molecular flexibility index (Phi) is 7.43. The van der Waals surface area contributed by atoms with Crippen molar-refractivity contribution in [1.82, 2.24) is 34.7 Å². The molecule has 0 unspecified atom stereocenters. The van der Waals surface area contributed by atoms with E-state index >= 15 is 0 Å². The molecule has 17 heteroatoms. The fraction of sp³-hybridized carbons (Fsp3) is 0.381. The molecule has 0 saturated carbocycles. The van der Waals surface area contributed by atoms with Gasteiger partial charge in [-0.05, 0) is 12.1 Å². The average molecular weight is 592 g/mol. The van der Waals surface area contributed by atoms with Crippen LogP contribution in [0.15, 0.2) is 36.1 Å². The topological polar surface area (TPSA) is 133 Å². The van der Waals surface area contributed by atoms with Crippen molar-refractivity contribution in [2.45, 2.75) is 36.6 Å². The minimum atomic E-state index is -4.81. The fourth-order valence-electron chi connectivity index (χ4n) is 4.33. The van der Waals surface area contributed by atoms with Gasteiger partial charge in [-0.2, -0.15) is 18.3 Å². The van der Waals surface area contributed by atoms with E-state index in [9.17, 15) is 23.4 Å². The first kappa shape index (κ1) is 26.9. The maximum absolute atomic E-state index is 13.8. The Hall–Kier alpha value is -2.66. The second-order valence-corrected chi connectivity index (χ2v) is 9.89. The van der Waals surface area contributed by atoms with Gasteiger partial charge in [0.15, 0.2) is 5.69 Å². The number of hydrogen-bond acceptors (Lipinski definition) is 10. The van der Waals surface area contributed by atoms with Crippen LogP contribution < -0.4 is 0 Å². The lowest BCUT2D eigenvalue weighted by Gasteiger charge is -2.43. The van der Waals surface area contributed by atoms with Gasteiger partial charge in [-0.1, -0.05) is 28.4 Å². The summed E-state index contributed by atoms with van der Waals surface area (Å²) in [7, 11) is 1.35. The van der Waals surface area contributed by atoms with E-state index in [1.165, 1.54) is 41.6 Å². The Labute approximate surface area is 226 Å². The van der Waals surface area contributed by atoms with E-state index in [0.717, 1.165) is 16.9 Å². The maximum atomic E-state index is 13.8. The lowest BCUT2D eigenvalue weighted by atomic mass is 9.91. The molecule has 5 heterocycles. The summed E-state index contributed by atoms with van der Waals surface area (Å²) >= 11 is 13.1. The third kappa shape index (κ3) is 4.90. The zero-order chi connectivity index (χ0) is 27.2. The maximum Gasteiger partial charge on any atom is 0.435 e. The Bertz CT molecular complexity index is 1430. The van der Waals surface area contributed by atoms with Crippen LogP contribution in [0.4, 0.5) is 13.2 Å². The van der Waals surface area contributed by atoms with E-state index in [4.69, 9.17) is 32.7 Å². The molecule has 0 amide bonds. The highest BCUT2D eigenvalue weighted by atomic mass is 35.5. The van der Waals surface area contributed by atoms with E-state index in [0.29, 0.717) is 10.7 Å². The molecule has 1 aliphatic heterocycles. The van der Waals surface area contributed by atoms with Gasteiger partial charge in [0.25, 0.3) is 0 Å². The molecular formula is C21H18Cl2F3N7O4S. The number of methoxy groups -OCH3 is 1. The molecule has 4 aromatic rings. The van der Waals surface area contributed by atoms with Crippen molar-refractivity contribution in [3.8, 4) is 16.4 Å². The molecular weight excluding hydrogens is 574 g/mol. The SMILES string of the molecule is CO[C@@H]1[C@@H](n2cc(-c3nc(Cl)cs3)nn2)[C@@H](O)[C@@H](CO)O[C@H]1c1ccnn1-c1cc(Cl)cnc1C(F)(F)F. The number of pyridine rings is 1. The van der Waals surface area contributed by atoms with Crippen molar-refractivity contribution in [3.05, 3.63) is 57.7 Å². The largest absolute Gasteiger partial charge is 0.435 e. The van der Waals surface area contributed by atoms with E-state index in [2.05, 4.69) is 25.4 Å². The van der Waals surface area contributed by atoms with Crippen molar-refractivity contribution in [3.63, 3.8) is 0 Å². The van der Waals surface area contributed by atoms with Gasteiger partial charge in [0.2, 0.25) is 0 Å². The predicted octanol–water partition coefficient (Wildman–Crippen LogP) is 3.36. The summed E-state index contributed by atoms with van der Waals surface area (Å²) in [6.45, 7) is -0.602. The van der Waals surface area contributed by atoms with Crippen LogP contribution in [0.2, 0.25) is 10.2 Å². The van der Waals surface area contributed by atoms with E-state index in [1.54, 1.807) is 5.38 Å². The van der Waals surface area contributed by atoms with Crippen LogP contribution in [0.5, 0.6) is 0 Å². The summed E-state index contributed by atoms with van der Waals surface area (Å²) in [5.74, 6) is 0. The van der Waals surface area contributed by atoms with Crippen molar-refractivity contribution >= 4 is 34.5 Å². The van der Waals surface area contributed by atoms with E-state index in [1.807, 2.05) is 0 Å². The van der Waals surface area contributed by atoms with Crippen LogP contribution in [0.3, 0.4) is 0 Å². The molecule has 0 aliphatic carbocycles. The third-order valence-corrected chi connectivity index (χ3v) is 7.34. The van der Waals surface area contributed by atoms with Crippen LogP contribution in [0.1, 0.15) is 23.5 Å². The van der Waals surface area contributed by atoms with E-state index in [-0.39, 0.29) is 15.9 Å². The van der Waals surface area contributed by atoms with Gasteiger partial charge in [0.05, 0.1) is 29.2 Å². The lowest BCUT2D eigenvalue weighted by molar-refractivity contribution is -0.216. The Morgan fingerprint density at radius 2 is 2.08 bits per heavy atom. The monoisotopic (exact) mass is 591 g/mol.